The average molecular weight is 494 g/mol. The van der Waals surface area contributed by atoms with Gasteiger partial charge in [0.2, 0.25) is 0 Å². The first kappa shape index (κ1) is 28.9. The number of likely N-dealkylation sites (N-methyl/N-ethyl adjacent to an activating group) is 1. The summed E-state index contributed by atoms with van der Waals surface area (Å²) in [6.07, 6.45) is 0. The Morgan fingerprint density at radius 3 is 2.06 bits per heavy atom. The molecule has 2 aromatic carbocycles. The Morgan fingerprint density at radius 2 is 1.61 bits per heavy atom. The number of nitrogens with one attached hydrogen (secondary N) is 1. The Labute approximate surface area is 215 Å². The monoisotopic (exact) mass is 493 g/mol. The van der Waals surface area contributed by atoms with Crippen LogP contribution < -0.4 is 10.1 Å². The van der Waals surface area contributed by atoms with Crippen molar-refractivity contribution in [2.45, 2.75) is 65.8 Å². The molecule has 0 aliphatic heterocycles. The molecule has 2 N–H and O–H groups in total. The van der Waals surface area contributed by atoms with Gasteiger partial charge in [0, 0.05) is 30.3 Å². The highest BCUT2D eigenvalue weighted by atomic mass is 16.5. The third-order valence-electron chi connectivity index (χ3n) is 6.00. The van der Waals surface area contributed by atoms with Crippen LogP contribution in [0, 0.1) is 11.3 Å². The number of carbonyl (C=O) groups is 2. The van der Waals surface area contributed by atoms with E-state index in [0.29, 0.717) is 41.2 Å². The van der Waals surface area contributed by atoms with Crippen molar-refractivity contribution in [2.75, 3.05) is 27.2 Å². The Bertz CT molecular complexity index is 1150. The highest BCUT2D eigenvalue weighted by Crippen LogP contribution is 2.40. The summed E-state index contributed by atoms with van der Waals surface area (Å²) in [5.41, 5.74) is 2.66. The van der Waals surface area contributed by atoms with Crippen molar-refractivity contribution < 1.29 is 19.4 Å². The minimum atomic E-state index is -0.337. The van der Waals surface area contributed by atoms with Crippen molar-refractivity contribution in [1.82, 2.24) is 10.2 Å². The van der Waals surface area contributed by atoms with Gasteiger partial charge in [-0.15, -0.1) is 0 Å². The molecule has 0 saturated carbocycles. The van der Waals surface area contributed by atoms with Crippen LogP contribution in [-0.4, -0.2) is 48.9 Å². The zero-order valence-electron chi connectivity index (χ0n) is 23.0. The third kappa shape index (κ3) is 6.64. The lowest BCUT2D eigenvalue weighted by Gasteiger charge is -2.28. The largest absolute Gasteiger partial charge is 0.507 e. The number of hydrogen-bond acceptors (Lipinski definition) is 6. The van der Waals surface area contributed by atoms with Crippen LogP contribution in [-0.2, 0) is 17.4 Å². The maximum atomic E-state index is 13.4. The Balaban J connectivity index is 2.40. The molecule has 0 bridgehead atoms. The molecule has 0 aliphatic carbocycles. The van der Waals surface area contributed by atoms with E-state index in [1.165, 1.54) is 13.1 Å². The number of nitrogens with zero attached hydrogens (tertiary/aromatic N) is 2. The summed E-state index contributed by atoms with van der Waals surface area (Å²) in [4.78, 5) is 27.4. The van der Waals surface area contributed by atoms with Gasteiger partial charge in [-0.2, -0.15) is 5.26 Å². The van der Waals surface area contributed by atoms with E-state index >= 15 is 0 Å². The number of carbonyl (C=O) groups excluding carboxylic acids is 2. The van der Waals surface area contributed by atoms with Gasteiger partial charge in [-0.1, -0.05) is 41.5 Å². The lowest BCUT2D eigenvalue weighted by atomic mass is 9.78. The summed E-state index contributed by atoms with van der Waals surface area (Å²) in [5, 5.41) is 23.2. The van der Waals surface area contributed by atoms with E-state index in [0.717, 1.165) is 11.1 Å². The second-order valence-corrected chi connectivity index (χ2v) is 11.1. The van der Waals surface area contributed by atoms with Crippen LogP contribution in [0.4, 0.5) is 0 Å². The lowest BCUT2D eigenvalue weighted by molar-refractivity contribution is 0.0940. The van der Waals surface area contributed by atoms with Gasteiger partial charge in [-0.3, -0.25) is 14.5 Å². The number of ether oxygens (including phenoxy) is 1. The topological polar surface area (TPSA) is 103 Å². The molecule has 0 fully saturated rings. The standard InChI is InChI=1S/C29H39N3O4/c1-10-36-25-14-20(19(15-30)11-21(25)27(35)31-8)16-32(9)17-24(33)18-12-22(28(2,3)4)26(34)23(13-18)29(5,6)7/h11-14,34H,10,16-17H2,1-9H3,(H,31,35). The molecular weight excluding hydrogens is 454 g/mol. The molecule has 0 aromatic heterocycles. The van der Waals surface area contributed by atoms with Gasteiger partial charge in [0.15, 0.2) is 5.78 Å². The van der Waals surface area contributed by atoms with Crippen molar-refractivity contribution in [3.63, 3.8) is 0 Å². The zero-order chi connectivity index (χ0) is 27.4. The molecule has 0 saturated heterocycles. The molecule has 0 heterocycles. The summed E-state index contributed by atoms with van der Waals surface area (Å²) in [6, 6.07) is 8.95. The van der Waals surface area contributed by atoms with E-state index < -0.39 is 0 Å². The molecule has 0 aliphatic rings. The van der Waals surface area contributed by atoms with Crippen LogP contribution in [0.25, 0.3) is 0 Å². The number of aromatic hydroxyl groups is 1. The second-order valence-electron chi connectivity index (χ2n) is 11.1. The number of rotatable bonds is 8. The van der Waals surface area contributed by atoms with Crippen molar-refractivity contribution in [2.24, 2.45) is 0 Å². The number of ketones is 1. The molecule has 1 amide bonds. The van der Waals surface area contributed by atoms with Crippen LogP contribution in [0.3, 0.4) is 0 Å². The summed E-state index contributed by atoms with van der Waals surface area (Å²) in [5.74, 6) is 0.215. The van der Waals surface area contributed by atoms with Crippen molar-refractivity contribution >= 4 is 11.7 Å². The van der Waals surface area contributed by atoms with Gasteiger partial charge in [0.25, 0.3) is 5.91 Å². The molecule has 0 radical (unpaired) electrons. The van der Waals surface area contributed by atoms with Gasteiger partial charge >= 0.3 is 0 Å². The first-order valence-corrected chi connectivity index (χ1v) is 12.2. The van der Waals surface area contributed by atoms with Crippen LogP contribution in [0.15, 0.2) is 24.3 Å². The number of phenolic OH excluding ortho intramolecular Hbond substituents is 1. The minimum absolute atomic E-state index is 0.0842. The summed E-state index contributed by atoms with van der Waals surface area (Å²) < 4.78 is 5.65. The van der Waals surface area contributed by atoms with Crippen molar-refractivity contribution in [1.29, 1.82) is 5.26 Å². The Kier molecular flexibility index (Phi) is 8.93. The highest BCUT2D eigenvalue weighted by Gasteiger charge is 2.28. The van der Waals surface area contributed by atoms with Crippen LogP contribution in [0.1, 0.15) is 91.4 Å². The highest BCUT2D eigenvalue weighted by molar-refractivity contribution is 5.98. The molecule has 0 unspecified atom stereocenters. The van der Waals surface area contributed by atoms with Gasteiger partial charge in [-0.25, -0.2) is 0 Å². The molecule has 0 atom stereocenters. The summed E-state index contributed by atoms with van der Waals surface area (Å²) in [7, 11) is 3.33. The summed E-state index contributed by atoms with van der Waals surface area (Å²) in [6.45, 7) is 14.7. The predicted octanol–water partition coefficient (Wildman–Crippen LogP) is 4.93. The number of Topliss-reactive ketones (excluding diaryl/α,β-unsaturated/α-hetero) is 1. The number of amides is 1. The molecule has 0 spiro atoms. The zero-order valence-corrected chi connectivity index (χ0v) is 23.0. The van der Waals surface area contributed by atoms with E-state index in [4.69, 9.17) is 4.74 Å². The van der Waals surface area contributed by atoms with E-state index in [1.54, 1.807) is 18.2 Å². The van der Waals surface area contributed by atoms with Crippen LogP contribution >= 0.6 is 0 Å². The normalized spacial score (nSPS) is 11.8. The third-order valence-corrected chi connectivity index (χ3v) is 6.00. The van der Waals surface area contributed by atoms with Crippen LogP contribution in [0.2, 0.25) is 0 Å². The number of benzene rings is 2. The molecule has 2 aromatic rings. The van der Waals surface area contributed by atoms with Gasteiger partial charge < -0.3 is 15.2 Å². The maximum Gasteiger partial charge on any atom is 0.254 e. The predicted molar refractivity (Wildman–Crippen MR) is 142 cm³/mol. The fourth-order valence-corrected chi connectivity index (χ4v) is 4.07. The van der Waals surface area contributed by atoms with E-state index in [-0.39, 0.29) is 34.8 Å². The molecule has 7 heteroatoms. The van der Waals surface area contributed by atoms with Crippen molar-refractivity contribution in [3.8, 4) is 17.6 Å². The molecule has 36 heavy (non-hydrogen) atoms. The second kappa shape index (κ2) is 11.1. The fourth-order valence-electron chi connectivity index (χ4n) is 4.07. The van der Waals surface area contributed by atoms with Gasteiger partial charge in [0.05, 0.1) is 30.3 Å². The minimum Gasteiger partial charge on any atom is -0.507 e. The first-order chi connectivity index (χ1) is 16.6. The lowest BCUT2D eigenvalue weighted by Crippen LogP contribution is -2.27. The van der Waals surface area contributed by atoms with Gasteiger partial charge in [0.1, 0.15) is 11.5 Å². The Hall–Kier alpha value is -3.37. The van der Waals surface area contributed by atoms with Crippen LogP contribution in [0.5, 0.6) is 11.5 Å². The first-order valence-electron chi connectivity index (χ1n) is 12.2. The number of nitriles is 1. The average Bonchev–Trinajstić information content (AvgIpc) is 2.77. The maximum absolute atomic E-state index is 13.4. The van der Waals surface area contributed by atoms with Crippen molar-refractivity contribution in [3.05, 3.63) is 57.6 Å². The van der Waals surface area contributed by atoms with E-state index in [9.17, 15) is 20.0 Å². The number of hydrogen-bond donors (Lipinski definition) is 2. The molecule has 2 rings (SSSR count). The molecule has 7 nitrogen and oxygen atoms in total. The smallest absolute Gasteiger partial charge is 0.254 e. The quantitative estimate of drug-likeness (QED) is 0.506. The molecule has 194 valence electrons. The van der Waals surface area contributed by atoms with E-state index in [1.807, 2.05) is 60.4 Å². The Morgan fingerprint density at radius 1 is 1.06 bits per heavy atom. The summed E-state index contributed by atoms with van der Waals surface area (Å²) >= 11 is 0. The van der Waals surface area contributed by atoms with E-state index in [2.05, 4.69) is 11.4 Å². The van der Waals surface area contributed by atoms with Gasteiger partial charge in [-0.05, 0) is 54.6 Å². The molecular formula is C29H39N3O4. The fraction of sp³-hybridized carbons (Fsp3) is 0.483. The SMILES string of the molecule is CCOc1cc(CN(C)CC(=O)c2cc(C(C)(C)C)c(O)c(C(C)(C)C)c2)c(C#N)cc1C(=O)NC. The number of phenols is 1.